The van der Waals surface area contributed by atoms with Crippen molar-refractivity contribution < 1.29 is 32.6 Å². The molecule has 0 aliphatic carbocycles. The van der Waals surface area contributed by atoms with E-state index in [4.69, 9.17) is 16.3 Å². The second kappa shape index (κ2) is 10.8. The zero-order chi connectivity index (χ0) is 25.8. The fraction of sp³-hybridized carbons (Fsp3) is 0.261. The van der Waals surface area contributed by atoms with E-state index in [1.807, 2.05) is 0 Å². The summed E-state index contributed by atoms with van der Waals surface area (Å²) in [6.07, 6.45) is -4.59. The smallest absolute Gasteiger partial charge is 0.416 e. The van der Waals surface area contributed by atoms with Crippen molar-refractivity contribution in [3.05, 3.63) is 70.4 Å². The molecule has 1 aromatic heterocycles. The third-order valence-electron chi connectivity index (χ3n) is 4.94. The number of amides is 2. The largest absolute Gasteiger partial charge is 0.425 e. The van der Waals surface area contributed by atoms with Gasteiger partial charge in [-0.05, 0) is 35.9 Å². The zero-order valence-electron chi connectivity index (χ0n) is 18.8. The van der Waals surface area contributed by atoms with Crippen LogP contribution in [0.5, 0.6) is 11.8 Å². The van der Waals surface area contributed by atoms with Crippen LogP contribution in [-0.4, -0.2) is 51.6 Å². The Morgan fingerprint density at radius 1 is 1.20 bits per heavy atom. The van der Waals surface area contributed by atoms with Gasteiger partial charge in [0.1, 0.15) is 5.75 Å². The number of carbonyl (C=O) groups is 2. The molecular weight excluding hydrogens is 489 g/mol. The van der Waals surface area contributed by atoms with E-state index < -0.39 is 23.6 Å². The molecule has 35 heavy (non-hydrogen) atoms. The summed E-state index contributed by atoms with van der Waals surface area (Å²) in [6.45, 7) is 0.958. The number of hydrogen-bond donors (Lipinski definition) is 2. The molecule has 2 amide bonds. The molecule has 0 aliphatic heterocycles. The lowest BCUT2D eigenvalue weighted by Crippen LogP contribution is -2.33. The van der Waals surface area contributed by atoms with Crippen LogP contribution >= 0.6 is 11.6 Å². The molecule has 186 valence electrons. The van der Waals surface area contributed by atoms with Gasteiger partial charge < -0.3 is 15.2 Å². The van der Waals surface area contributed by atoms with Crippen LogP contribution in [0.1, 0.15) is 28.5 Å². The highest BCUT2D eigenvalue weighted by molar-refractivity contribution is 6.30. The van der Waals surface area contributed by atoms with E-state index in [9.17, 15) is 27.9 Å². The average molecular weight is 511 g/mol. The monoisotopic (exact) mass is 510 g/mol. The Kier molecular flexibility index (Phi) is 8.03. The van der Waals surface area contributed by atoms with Crippen molar-refractivity contribution in [2.75, 3.05) is 25.5 Å². The predicted molar refractivity (Wildman–Crippen MR) is 123 cm³/mol. The van der Waals surface area contributed by atoms with Gasteiger partial charge >= 0.3 is 12.2 Å². The number of halogens is 4. The highest BCUT2D eigenvalue weighted by atomic mass is 35.5. The standard InChI is InChI=1S/C23H22ClF3N4O4/c1-14(33)30(2)21(34)19-20(28-10-11-32)29-22(31(19)13-15-6-8-17(24)9-7-15)35-18-5-3-4-16(12-18)23(25,26)27/h3-9,12,28,32H,10-11,13H2,1-2H3. The second-order valence-corrected chi connectivity index (χ2v) is 7.90. The Balaban J connectivity index is 2.14. The summed E-state index contributed by atoms with van der Waals surface area (Å²) >= 11 is 5.96. The van der Waals surface area contributed by atoms with Gasteiger partial charge in [0.2, 0.25) is 5.91 Å². The minimum Gasteiger partial charge on any atom is -0.425 e. The molecule has 0 atom stereocenters. The molecule has 12 heteroatoms. The minimum absolute atomic E-state index is 0.00640. The molecule has 0 aliphatic rings. The number of imidazole rings is 1. The average Bonchev–Trinajstić information content (AvgIpc) is 3.14. The van der Waals surface area contributed by atoms with Gasteiger partial charge in [-0.25, -0.2) is 0 Å². The van der Waals surface area contributed by atoms with Crippen molar-refractivity contribution in [1.82, 2.24) is 14.5 Å². The molecule has 1 heterocycles. The number of ether oxygens (including phenoxy) is 1. The maximum Gasteiger partial charge on any atom is 0.416 e. The third kappa shape index (κ3) is 6.31. The Bertz CT molecular complexity index is 1210. The van der Waals surface area contributed by atoms with E-state index in [-0.39, 0.29) is 43.0 Å². The number of anilines is 1. The van der Waals surface area contributed by atoms with Crippen molar-refractivity contribution in [2.24, 2.45) is 0 Å². The molecule has 0 radical (unpaired) electrons. The summed E-state index contributed by atoms with van der Waals surface area (Å²) in [5.41, 5.74) is -0.320. The Labute approximate surface area is 203 Å². The van der Waals surface area contributed by atoms with E-state index in [1.165, 1.54) is 30.7 Å². The number of carbonyl (C=O) groups excluding carboxylic acids is 2. The first-order valence-electron chi connectivity index (χ1n) is 10.3. The maximum absolute atomic E-state index is 13.2. The van der Waals surface area contributed by atoms with Crippen molar-refractivity contribution in [3.63, 3.8) is 0 Å². The summed E-state index contributed by atoms with van der Waals surface area (Å²) in [4.78, 5) is 30.2. The van der Waals surface area contributed by atoms with Gasteiger partial charge in [-0.1, -0.05) is 29.8 Å². The Morgan fingerprint density at radius 3 is 2.49 bits per heavy atom. The van der Waals surface area contributed by atoms with Crippen LogP contribution < -0.4 is 10.1 Å². The van der Waals surface area contributed by atoms with Crippen LogP contribution in [-0.2, 0) is 17.5 Å². The first kappa shape index (κ1) is 26.0. The first-order valence-corrected chi connectivity index (χ1v) is 10.7. The fourth-order valence-corrected chi connectivity index (χ4v) is 3.21. The molecule has 3 rings (SSSR count). The SMILES string of the molecule is CC(=O)N(C)C(=O)c1c(NCCO)nc(Oc2cccc(C(F)(F)F)c2)n1Cc1ccc(Cl)cc1. The van der Waals surface area contributed by atoms with Crippen LogP contribution in [0.15, 0.2) is 48.5 Å². The molecule has 8 nitrogen and oxygen atoms in total. The topological polar surface area (TPSA) is 96.7 Å². The summed E-state index contributed by atoms with van der Waals surface area (Å²) < 4.78 is 46.6. The molecule has 0 saturated heterocycles. The minimum atomic E-state index is -4.59. The molecule has 2 aromatic carbocycles. The van der Waals surface area contributed by atoms with Crippen molar-refractivity contribution in [3.8, 4) is 11.8 Å². The molecule has 2 N–H and O–H groups in total. The van der Waals surface area contributed by atoms with Crippen LogP contribution in [0.3, 0.4) is 0 Å². The highest BCUT2D eigenvalue weighted by Crippen LogP contribution is 2.34. The zero-order valence-corrected chi connectivity index (χ0v) is 19.5. The van der Waals surface area contributed by atoms with Crippen molar-refractivity contribution in [1.29, 1.82) is 0 Å². The van der Waals surface area contributed by atoms with Crippen molar-refractivity contribution >= 4 is 29.2 Å². The van der Waals surface area contributed by atoms with E-state index in [1.54, 1.807) is 24.3 Å². The van der Waals surface area contributed by atoms with E-state index in [2.05, 4.69) is 10.3 Å². The third-order valence-corrected chi connectivity index (χ3v) is 5.19. The van der Waals surface area contributed by atoms with E-state index in [0.717, 1.165) is 17.0 Å². The normalized spacial score (nSPS) is 11.3. The van der Waals surface area contributed by atoms with Gasteiger partial charge in [-0.15, -0.1) is 0 Å². The quantitative estimate of drug-likeness (QED) is 0.466. The maximum atomic E-state index is 13.2. The molecule has 0 unspecified atom stereocenters. The Hall–Kier alpha value is -3.57. The number of benzene rings is 2. The van der Waals surface area contributed by atoms with Crippen LogP contribution in [0.25, 0.3) is 0 Å². The van der Waals surface area contributed by atoms with Gasteiger partial charge in [0.15, 0.2) is 11.5 Å². The van der Waals surface area contributed by atoms with Gasteiger partial charge in [0, 0.05) is 25.5 Å². The number of nitrogens with one attached hydrogen (secondary N) is 1. The lowest BCUT2D eigenvalue weighted by molar-refractivity contribution is -0.137. The van der Waals surface area contributed by atoms with Crippen LogP contribution in [0.2, 0.25) is 5.02 Å². The number of aliphatic hydroxyl groups excluding tert-OH is 1. The predicted octanol–water partition coefficient (Wildman–Crippen LogP) is 4.42. The van der Waals surface area contributed by atoms with Crippen LogP contribution in [0.4, 0.5) is 19.0 Å². The van der Waals surface area contributed by atoms with Gasteiger partial charge in [-0.2, -0.15) is 18.2 Å². The number of nitrogens with zero attached hydrogens (tertiary/aromatic N) is 3. The lowest BCUT2D eigenvalue weighted by atomic mass is 10.2. The molecule has 0 fully saturated rings. The lowest BCUT2D eigenvalue weighted by Gasteiger charge is -2.17. The van der Waals surface area contributed by atoms with Crippen molar-refractivity contribution in [2.45, 2.75) is 19.6 Å². The van der Waals surface area contributed by atoms with E-state index >= 15 is 0 Å². The summed E-state index contributed by atoms with van der Waals surface area (Å²) in [7, 11) is 1.29. The number of hydrogen-bond acceptors (Lipinski definition) is 6. The van der Waals surface area contributed by atoms with Crippen LogP contribution in [0, 0.1) is 0 Å². The van der Waals surface area contributed by atoms with Gasteiger partial charge in [-0.3, -0.25) is 19.1 Å². The highest BCUT2D eigenvalue weighted by Gasteiger charge is 2.32. The number of aromatic nitrogens is 2. The second-order valence-electron chi connectivity index (χ2n) is 7.47. The van der Waals surface area contributed by atoms with E-state index in [0.29, 0.717) is 10.6 Å². The molecule has 0 spiro atoms. The number of imide groups is 1. The number of rotatable bonds is 8. The molecule has 0 saturated carbocycles. The van der Waals surface area contributed by atoms with Gasteiger partial charge in [0.25, 0.3) is 5.91 Å². The van der Waals surface area contributed by atoms with Gasteiger partial charge in [0.05, 0.1) is 18.7 Å². The first-order chi connectivity index (χ1) is 16.5. The Morgan fingerprint density at radius 2 is 1.89 bits per heavy atom. The fourth-order valence-electron chi connectivity index (χ4n) is 3.09. The molecule has 0 bridgehead atoms. The molecule has 3 aromatic rings. The summed E-state index contributed by atoms with van der Waals surface area (Å²) in [5.74, 6) is -1.43. The summed E-state index contributed by atoms with van der Waals surface area (Å²) in [5, 5.41) is 12.5. The number of aliphatic hydroxyl groups is 1. The summed E-state index contributed by atoms with van der Waals surface area (Å²) in [6, 6.07) is 10.7. The number of alkyl halides is 3. The molecular formula is C23H22ClF3N4O4.